The summed E-state index contributed by atoms with van der Waals surface area (Å²) in [5, 5.41) is 9.20. The second kappa shape index (κ2) is 5.07. The van der Waals surface area contributed by atoms with Gasteiger partial charge < -0.3 is 14.5 Å². The Hall–Kier alpha value is -1.16. The van der Waals surface area contributed by atoms with Crippen LogP contribution in [0.4, 0.5) is 0 Å². The lowest BCUT2D eigenvalue weighted by Crippen LogP contribution is -2.18. The molecule has 0 saturated heterocycles. The molecular weight excluding hydrogens is 191 g/mol. The van der Waals surface area contributed by atoms with Gasteiger partial charge in [-0.3, -0.25) is 0 Å². The summed E-state index contributed by atoms with van der Waals surface area (Å²) in [5.41, 5.74) is 1.88. The summed E-state index contributed by atoms with van der Waals surface area (Å²) in [5.74, 6) is 1.83. The largest absolute Gasteiger partial charge is 0.497 e. The maximum Gasteiger partial charge on any atom is 0.308 e. The van der Waals surface area contributed by atoms with E-state index in [2.05, 4.69) is 13.8 Å². The van der Waals surface area contributed by atoms with Crippen LogP contribution in [0.3, 0.4) is 0 Å². The van der Waals surface area contributed by atoms with Gasteiger partial charge in [0.1, 0.15) is 11.5 Å². The first-order valence-electron chi connectivity index (χ1n) is 4.99. The number of hydrogen-bond acceptors (Lipinski definition) is 3. The van der Waals surface area contributed by atoms with E-state index in [1.165, 1.54) is 0 Å². The van der Waals surface area contributed by atoms with Crippen molar-refractivity contribution in [2.45, 2.75) is 19.8 Å². The highest BCUT2D eigenvalue weighted by atomic mass is 16.5. The summed E-state index contributed by atoms with van der Waals surface area (Å²) >= 11 is 0. The molecule has 4 heteroatoms. The predicted octanol–water partition coefficient (Wildman–Crippen LogP) is 0.796. The summed E-state index contributed by atoms with van der Waals surface area (Å²) in [7, 11) is 3.20. The fraction of sp³-hybridized carbons (Fsp3) is 0.455. The zero-order chi connectivity index (χ0) is 11.4. The highest BCUT2D eigenvalue weighted by Gasteiger charge is 2.13. The lowest BCUT2D eigenvalue weighted by atomic mass is 9.84. The third kappa shape index (κ3) is 2.45. The van der Waals surface area contributed by atoms with Crippen molar-refractivity contribution < 1.29 is 14.5 Å². The molecular formula is C11H17BO3. The van der Waals surface area contributed by atoms with E-state index in [0.717, 1.165) is 16.8 Å². The van der Waals surface area contributed by atoms with Crippen LogP contribution < -0.4 is 14.9 Å². The Bertz CT molecular complexity index is 337. The number of benzene rings is 1. The van der Waals surface area contributed by atoms with E-state index in [4.69, 9.17) is 9.47 Å². The molecule has 82 valence electrons. The average molecular weight is 208 g/mol. The van der Waals surface area contributed by atoms with Crippen LogP contribution in [0.2, 0.25) is 0 Å². The smallest absolute Gasteiger partial charge is 0.308 e. The zero-order valence-corrected chi connectivity index (χ0v) is 9.70. The van der Waals surface area contributed by atoms with Gasteiger partial charge >= 0.3 is 7.48 Å². The molecule has 0 saturated carbocycles. The molecule has 1 aromatic rings. The van der Waals surface area contributed by atoms with Gasteiger partial charge in [0, 0.05) is 6.07 Å². The third-order valence-corrected chi connectivity index (χ3v) is 2.43. The van der Waals surface area contributed by atoms with E-state index in [1.807, 2.05) is 12.1 Å². The molecule has 0 unspecified atom stereocenters. The van der Waals surface area contributed by atoms with E-state index >= 15 is 0 Å². The minimum Gasteiger partial charge on any atom is -0.497 e. The van der Waals surface area contributed by atoms with Crippen LogP contribution >= 0.6 is 0 Å². The molecule has 15 heavy (non-hydrogen) atoms. The molecule has 0 aliphatic carbocycles. The average Bonchev–Trinajstić information content (AvgIpc) is 2.26. The second-order valence-corrected chi connectivity index (χ2v) is 3.72. The van der Waals surface area contributed by atoms with Crippen LogP contribution in [-0.2, 0) is 0 Å². The Morgan fingerprint density at radius 2 is 1.73 bits per heavy atom. The van der Waals surface area contributed by atoms with Crippen molar-refractivity contribution in [3.63, 3.8) is 0 Å². The molecule has 0 spiro atoms. The maximum atomic E-state index is 9.20. The quantitative estimate of drug-likeness (QED) is 0.743. The summed E-state index contributed by atoms with van der Waals surface area (Å²) in [6.45, 7) is 4.18. The molecule has 3 nitrogen and oxygen atoms in total. The predicted molar refractivity (Wildman–Crippen MR) is 62.6 cm³/mol. The van der Waals surface area contributed by atoms with Crippen LogP contribution in [0.15, 0.2) is 12.1 Å². The molecule has 0 heterocycles. The van der Waals surface area contributed by atoms with Gasteiger partial charge in [-0.1, -0.05) is 19.9 Å². The minimum absolute atomic E-state index is 0.0209. The maximum absolute atomic E-state index is 9.20. The van der Waals surface area contributed by atoms with Gasteiger partial charge in [0.15, 0.2) is 0 Å². The SMILES string of the molecule is COc1cc(OC)c(C(C)C)cc1BO. The van der Waals surface area contributed by atoms with E-state index in [-0.39, 0.29) is 7.48 Å². The van der Waals surface area contributed by atoms with Gasteiger partial charge in [-0.15, -0.1) is 0 Å². The van der Waals surface area contributed by atoms with Crippen molar-refractivity contribution in [1.29, 1.82) is 0 Å². The lowest BCUT2D eigenvalue weighted by molar-refractivity contribution is 0.391. The lowest BCUT2D eigenvalue weighted by Gasteiger charge is -2.15. The molecule has 0 aromatic heterocycles. The number of hydrogen-bond donors (Lipinski definition) is 1. The fourth-order valence-corrected chi connectivity index (χ4v) is 1.57. The fourth-order valence-electron chi connectivity index (χ4n) is 1.57. The molecule has 1 rings (SSSR count). The first-order valence-corrected chi connectivity index (χ1v) is 4.99. The second-order valence-electron chi connectivity index (χ2n) is 3.72. The summed E-state index contributed by atoms with van der Waals surface area (Å²) in [4.78, 5) is 0. The Kier molecular flexibility index (Phi) is 4.03. The Labute approximate surface area is 91.3 Å². The first-order chi connectivity index (χ1) is 7.13. The van der Waals surface area contributed by atoms with Crippen molar-refractivity contribution in [3.8, 4) is 11.5 Å². The van der Waals surface area contributed by atoms with Gasteiger partial charge in [-0.05, 0) is 16.9 Å². The number of rotatable bonds is 4. The Morgan fingerprint density at radius 3 is 2.13 bits per heavy atom. The highest BCUT2D eigenvalue weighted by molar-refractivity contribution is 6.47. The van der Waals surface area contributed by atoms with E-state index in [1.54, 1.807) is 14.2 Å². The molecule has 1 aromatic carbocycles. The van der Waals surface area contributed by atoms with Crippen LogP contribution in [0, 0.1) is 0 Å². The first kappa shape index (κ1) is 11.9. The van der Waals surface area contributed by atoms with Crippen molar-refractivity contribution in [1.82, 2.24) is 0 Å². The summed E-state index contributed by atoms with van der Waals surface area (Å²) in [6.07, 6.45) is 0. The monoisotopic (exact) mass is 208 g/mol. The molecule has 0 amide bonds. The van der Waals surface area contributed by atoms with Crippen molar-refractivity contribution in [2.75, 3.05) is 14.2 Å². The third-order valence-electron chi connectivity index (χ3n) is 2.43. The van der Waals surface area contributed by atoms with Crippen LogP contribution in [0.25, 0.3) is 0 Å². The molecule has 0 atom stereocenters. The van der Waals surface area contributed by atoms with Crippen molar-refractivity contribution in [2.24, 2.45) is 0 Å². The van der Waals surface area contributed by atoms with Gasteiger partial charge in [-0.2, -0.15) is 0 Å². The van der Waals surface area contributed by atoms with Crippen molar-refractivity contribution in [3.05, 3.63) is 17.7 Å². The van der Waals surface area contributed by atoms with E-state index in [0.29, 0.717) is 11.7 Å². The van der Waals surface area contributed by atoms with Gasteiger partial charge in [-0.25, -0.2) is 0 Å². The summed E-state index contributed by atoms with van der Waals surface area (Å²) < 4.78 is 10.5. The molecule has 0 fully saturated rings. The highest BCUT2D eigenvalue weighted by Crippen LogP contribution is 2.28. The Balaban J connectivity index is 3.27. The van der Waals surface area contributed by atoms with Gasteiger partial charge in [0.25, 0.3) is 0 Å². The molecule has 0 aliphatic rings. The molecule has 0 radical (unpaired) electrons. The number of methoxy groups -OCH3 is 2. The standard InChI is InChI=1S/C11H17BO3/c1-7(2)8-5-9(12-13)11(15-4)6-10(8)14-3/h5-7,12-13H,1-4H3. The molecule has 0 bridgehead atoms. The minimum atomic E-state index is -0.0209. The zero-order valence-electron chi connectivity index (χ0n) is 9.70. The normalized spacial score (nSPS) is 10.3. The van der Waals surface area contributed by atoms with Gasteiger partial charge in [0.05, 0.1) is 14.2 Å². The Morgan fingerprint density at radius 1 is 1.13 bits per heavy atom. The van der Waals surface area contributed by atoms with E-state index in [9.17, 15) is 5.02 Å². The molecule has 0 aliphatic heterocycles. The topological polar surface area (TPSA) is 38.7 Å². The van der Waals surface area contributed by atoms with Crippen LogP contribution in [-0.4, -0.2) is 26.7 Å². The van der Waals surface area contributed by atoms with E-state index < -0.39 is 0 Å². The van der Waals surface area contributed by atoms with Crippen molar-refractivity contribution >= 4 is 12.9 Å². The molecule has 1 N–H and O–H groups in total. The van der Waals surface area contributed by atoms with Crippen LogP contribution in [0.1, 0.15) is 25.3 Å². The van der Waals surface area contributed by atoms with Gasteiger partial charge in [0.2, 0.25) is 0 Å². The van der Waals surface area contributed by atoms with Crippen LogP contribution in [0.5, 0.6) is 11.5 Å². The number of ether oxygens (including phenoxy) is 2. The summed E-state index contributed by atoms with van der Waals surface area (Å²) in [6, 6.07) is 3.75.